The summed E-state index contributed by atoms with van der Waals surface area (Å²) in [6.07, 6.45) is 5.00. The van der Waals surface area contributed by atoms with Crippen molar-refractivity contribution >= 4 is 11.8 Å². The molecule has 4 nitrogen and oxygen atoms in total. The molecule has 2 N–H and O–H groups in total. The van der Waals surface area contributed by atoms with Gasteiger partial charge in [0.05, 0.1) is 6.20 Å². The van der Waals surface area contributed by atoms with Crippen molar-refractivity contribution in [2.75, 3.05) is 23.7 Å². The van der Waals surface area contributed by atoms with Gasteiger partial charge >= 0.3 is 0 Å². The summed E-state index contributed by atoms with van der Waals surface area (Å²) < 4.78 is 13.6. The molecule has 0 radical (unpaired) electrons. The van der Waals surface area contributed by atoms with Crippen molar-refractivity contribution in [2.24, 2.45) is 11.8 Å². The molecule has 2 unspecified atom stereocenters. The lowest BCUT2D eigenvalue weighted by atomic mass is 9.98. The Morgan fingerprint density at radius 2 is 2.22 bits per heavy atom. The molecular weight excluding hydrogens is 231 g/mol. The van der Waals surface area contributed by atoms with Gasteiger partial charge in [-0.25, -0.2) is 9.37 Å². The molecule has 100 valence electrons. The zero-order valence-electron chi connectivity index (χ0n) is 11.0. The molecule has 0 aromatic carbocycles. The number of halogens is 1. The fourth-order valence-electron chi connectivity index (χ4n) is 2.49. The molecule has 1 aliphatic rings. The van der Waals surface area contributed by atoms with E-state index in [-0.39, 0.29) is 5.82 Å². The molecule has 0 bridgehead atoms. The number of aromatic nitrogens is 2. The minimum Gasteiger partial charge on any atom is -0.367 e. The smallest absolute Gasteiger partial charge is 0.224 e. The maximum absolute atomic E-state index is 13.6. The van der Waals surface area contributed by atoms with Crippen LogP contribution < -0.4 is 10.6 Å². The lowest BCUT2D eigenvalue weighted by molar-refractivity contribution is 0.438. The molecule has 1 fully saturated rings. The molecular formula is C13H21FN4. The molecule has 0 aliphatic heterocycles. The second-order valence-corrected chi connectivity index (χ2v) is 4.97. The maximum Gasteiger partial charge on any atom is 0.224 e. The molecule has 0 spiro atoms. The third kappa shape index (κ3) is 3.09. The number of nitrogens with zero attached hydrogens (tertiary/aromatic N) is 2. The predicted molar refractivity (Wildman–Crippen MR) is 71.1 cm³/mol. The average molecular weight is 252 g/mol. The molecule has 1 heterocycles. The lowest BCUT2D eigenvalue weighted by Crippen LogP contribution is -2.18. The highest BCUT2D eigenvalue weighted by Gasteiger charge is 2.23. The van der Waals surface area contributed by atoms with E-state index in [1.807, 2.05) is 6.92 Å². The van der Waals surface area contributed by atoms with Crippen LogP contribution in [0.3, 0.4) is 0 Å². The van der Waals surface area contributed by atoms with Gasteiger partial charge in [-0.15, -0.1) is 0 Å². The summed E-state index contributed by atoms with van der Waals surface area (Å²) in [6, 6.07) is 0. The van der Waals surface area contributed by atoms with Gasteiger partial charge in [-0.05, 0) is 25.2 Å². The van der Waals surface area contributed by atoms with Gasteiger partial charge in [-0.2, -0.15) is 4.98 Å². The van der Waals surface area contributed by atoms with E-state index in [0.717, 1.165) is 19.0 Å². The van der Waals surface area contributed by atoms with Gasteiger partial charge in [0, 0.05) is 13.1 Å². The van der Waals surface area contributed by atoms with E-state index >= 15 is 0 Å². The zero-order chi connectivity index (χ0) is 13.0. The van der Waals surface area contributed by atoms with Crippen molar-refractivity contribution in [3.05, 3.63) is 12.0 Å². The molecule has 5 heteroatoms. The summed E-state index contributed by atoms with van der Waals surface area (Å²) in [5.41, 5.74) is 0. The summed E-state index contributed by atoms with van der Waals surface area (Å²) in [6.45, 7) is 5.74. The van der Waals surface area contributed by atoms with Crippen LogP contribution >= 0.6 is 0 Å². The van der Waals surface area contributed by atoms with E-state index in [4.69, 9.17) is 0 Å². The van der Waals surface area contributed by atoms with Gasteiger partial charge in [-0.3, -0.25) is 0 Å². The van der Waals surface area contributed by atoms with Crippen molar-refractivity contribution in [1.29, 1.82) is 0 Å². The molecule has 2 atom stereocenters. The van der Waals surface area contributed by atoms with E-state index < -0.39 is 0 Å². The third-order valence-corrected chi connectivity index (χ3v) is 3.65. The zero-order valence-corrected chi connectivity index (χ0v) is 11.0. The van der Waals surface area contributed by atoms with Crippen LogP contribution in [0.15, 0.2) is 6.20 Å². The van der Waals surface area contributed by atoms with Crippen LogP contribution in [-0.4, -0.2) is 23.1 Å². The maximum atomic E-state index is 13.6. The van der Waals surface area contributed by atoms with Crippen molar-refractivity contribution in [3.8, 4) is 0 Å². The van der Waals surface area contributed by atoms with Gasteiger partial charge in [0.25, 0.3) is 0 Å². The quantitative estimate of drug-likeness (QED) is 0.846. The van der Waals surface area contributed by atoms with Crippen LogP contribution in [0, 0.1) is 17.7 Å². The Labute approximate surface area is 107 Å². The highest BCUT2D eigenvalue weighted by Crippen LogP contribution is 2.31. The molecule has 0 saturated heterocycles. The predicted octanol–water partition coefficient (Wildman–Crippen LogP) is 2.90. The van der Waals surface area contributed by atoms with Crippen molar-refractivity contribution in [1.82, 2.24) is 9.97 Å². The number of hydrogen-bond acceptors (Lipinski definition) is 4. The molecule has 1 saturated carbocycles. The Balaban J connectivity index is 1.97. The Hall–Kier alpha value is -1.39. The second-order valence-electron chi connectivity index (χ2n) is 4.97. The van der Waals surface area contributed by atoms with Crippen molar-refractivity contribution in [3.63, 3.8) is 0 Å². The van der Waals surface area contributed by atoms with Gasteiger partial charge in [-0.1, -0.05) is 19.8 Å². The minimum atomic E-state index is -0.387. The first-order valence-corrected chi connectivity index (χ1v) is 6.71. The molecule has 2 rings (SSSR count). The monoisotopic (exact) mass is 252 g/mol. The van der Waals surface area contributed by atoms with Crippen LogP contribution in [0.2, 0.25) is 0 Å². The Morgan fingerprint density at radius 3 is 2.89 bits per heavy atom. The topological polar surface area (TPSA) is 49.8 Å². The number of nitrogens with one attached hydrogen (secondary N) is 2. The Bertz CT molecular complexity index is 397. The normalized spacial score (nSPS) is 23.1. The number of anilines is 2. The summed E-state index contributed by atoms with van der Waals surface area (Å²) in [5, 5.41) is 6.10. The average Bonchev–Trinajstić information content (AvgIpc) is 2.76. The first-order chi connectivity index (χ1) is 8.70. The fourth-order valence-corrected chi connectivity index (χ4v) is 2.49. The van der Waals surface area contributed by atoms with Gasteiger partial charge in [0.1, 0.15) is 0 Å². The van der Waals surface area contributed by atoms with E-state index in [0.29, 0.717) is 17.7 Å². The van der Waals surface area contributed by atoms with E-state index in [2.05, 4.69) is 27.5 Å². The van der Waals surface area contributed by atoms with Crippen LogP contribution in [0.5, 0.6) is 0 Å². The van der Waals surface area contributed by atoms with Crippen molar-refractivity contribution < 1.29 is 4.39 Å². The van der Waals surface area contributed by atoms with Gasteiger partial charge in [0.2, 0.25) is 5.95 Å². The molecule has 18 heavy (non-hydrogen) atoms. The first-order valence-electron chi connectivity index (χ1n) is 6.71. The number of hydrogen-bond donors (Lipinski definition) is 2. The largest absolute Gasteiger partial charge is 0.367 e. The van der Waals surface area contributed by atoms with Crippen LogP contribution in [0.4, 0.5) is 16.2 Å². The highest BCUT2D eigenvalue weighted by molar-refractivity contribution is 5.41. The molecule has 0 amide bonds. The van der Waals surface area contributed by atoms with E-state index in [9.17, 15) is 4.39 Å². The van der Waals surface area contributed by atoms with E-state index in [1.165, 1.54) is 25.5 Å². The standard InChI is InChI=1S/C13H21FN4/c1-3-15-13-17-8-11(14)12(18-13)16-7-10-6-4-5-9(10)2/h8-10H,3-7H2,1-2H3,(H2,15,16,17,18). The summed E-state index contributed by atoms with van der Waals surface area (Å²) in [7, 11) is 0. The highest BCUT2D eigenvalue weighted by atomic mass is 19.1. The Morgan fingerprint density at radius 1 is 1.39 bits per heavy atom. The lowest BCUT2D eigenvalue weighted by Gasteiger charge is -2.16. The summed E-state index contributed by atoms with van der Waals surface area (Å²) >= 11 is 0. The minimum absolute atomic E-state index is 0.306. The number of rotatable bonds is 5. The van der Waals surface area contributed by atoms with Crippen LogP contribution in [0.25, 0.3) is 0 Å². The SMILES string of the molecule is CCNc1ncc(F)c(NCC2CCCC2C)n1. The van der Waals surface area contributed by atoms with Gasteiger partial charge < -0.3 is 10.6 Å². The van der Waals surface area contributed by atoms with Crippen LogP contribution in [-0.2, 0) is 0 Å². The van der Waals surface area contributed by atoms with Gasteiger partial charge in [0.15, 0.2) is 11.6 Å². The summed E-state index contributed by atoms with van der Waals surface area (Å²) in [5.74, 6) is 1.74. The van der Waals surface area contributed by atoms with Crippen molar-refractivity contribution in [2.45, 2.75) is 33.1 Å². The fraction of sp³-hybridized carbons (Fsp3) is 0.692. The third-order valence-electron chi connectivity index (χ3n) is 3.65. The molecule has 1 aromatic rings. The van der Waals surface area contributed by atoms with Crippen LogP contribution in [0.1, 0.15) is 33.1 Å². The second kappa shape index (κ2) is 5.98. The molecule has 1 aromatic heterocycles. The Kier molecular flexibility index (Phi) is 4.33. The van der Waals surface area contributed by atoms with E-state index in [1.54, 1.807) is 0 Å². The summed E-state index contributed by atoms with van der Waals surface area (Å²) in [4.78, 5) is 8.03. The first kappa shape index (κ1) is 13.1. The molecule has 1 aliphatic carbocycles.